The van der Waals surface area contributed by atoms with Crippen molar-refractivity contribution in [2.24, 2.45) is 0 Å². The molecule has 0 spiro atoms. The first kappa shape index (κ1) is 40.1. The Morgan fingerprint density at radius 3 is 1.34 bits per heavy atom. The van der Waals surface area contributed by atoms with Crippen molar-refractivity contribution in [3.05, 3.63) is 273 Å². The SMILES string of the molecule is c1ccc(-c2ccc3c4ccccc4n(-c4cccc5c4c4ccccc4n5-c4ccc5c(c4)c4ccccc4n5-c4cccc([Si](c5ccccc5)(c5ccccc5)c5ccccc5)c4)c3c2)cc1. The zero-order valence-electron chi connectivity index (χ0n) is 38.3. The average molecular weight is 908 g/mol. The molecule has 0 radical (unpaired) electrons. The van der Waals surface area contributed by atoms with Crippen LogP contribution in [0.4, 0.5) is 0 Å². The normalized spacial score (nSPS) is 12.0. The summed E-state index contributed by atoms with van der Waals surface area (Å²) in [6, 6.07) is 101. The quantitative estimate of drug-likeness (QED) is 0.107. The van der Waals surface area contributed by atoms with Gasteiger partial charge in [0.1, 0.15) is 0 Å². The number of rotatable bonds is 8. The molecule has 14 aromatic rings. The monoisotopic (exact) mass is 907 g/mol. The number of nitrogens with zero attached hydrogens (tertiary/aromatic N) is 3. The van der Waals surface area contributed by atoms with Crippen LogP contribution in [0.5, 0.6) is 0 Å². The third-order valence-corrected chi connectivity index (χ3v) is 19.5. The summed E-state index contributed by atoms with van der Waals surface area (Å²) in [4.78, 5) is 0. The largest absolute Gasteiger partial charge is 0.309 e. The standard InChI is InChI=1S/C66H45N3Si/c1-5-21-46(22-6-1)47-39-41-56-54-31-13-17-35-60(54)69(65(56)43-47)64-38-20-37-63-66(64)57-33-15-18-36-61(57)68(63)49-40-42-62-58(45-49)55-32-14-16-34-59(55)67(62)48-23-19-30-53(44-48)70(50-24-7-2-8-25-50,51-26-9-3-10-27-51)52-28-11-4-12-29-52/h1-45H. The molecular weight excluding hydrogens is 863 g/mol. The van der Waals surface area contributed by atoms with E-state index in [0.29, 0.717) is 0 Å². The molecule has 0 unspecified atom stereocenters. The van der Waals surface area contributed by atoms with E-state index in [1.807, 2.05) is 0 Å². The van der Waals surface area contributed by atoms with Gasteiger partial charge in [0, 0.05) is 43.7 Å². The Balaban J connectivity index is 0.981. The molecule has 0 aliphatic rings. The van der Waals surface area contributed by atoms with Crippen molar-refractivity contribution in [3.63, 3.8) is 0 Å². The van der Waals surface area contributed by atoms with Crippen molar-refractivity contribution in [1.82, 2.24) is 13.7 Å². The number of hydrogen-bond donors (Lipinski definition) is 0. The Labute approximate surface area is 407 Å². The van der Waals surface area contributed by atoms with E-state index in [-0.39, 0.29) is 0 Å². The van der Waals surface area contributed by atoms with Crippen LogP contribution in [0.2, 0.25) is 0 Å². The van der Waals surface area contributed by atoms with Crippen LogP contribution in [0.25, 0.3) is 93.6 Å². The Bertz CT molecular complexity index is 4180. The molecule has 4 heteroatoms. The fourth-order valence-corrected chi connectivity index (χ4v) is 16.6. The molecule has 0 atom stereocenters. The van der Waals surface area contributed by atoms with Crippen molar-refractivity contribution in [3.8, 4) is 28.2 Å². The first-order valence-electron chi connectivity index (χ1n) is 24.2. The topological polar surface area (TPSA) is 14.8 Å². The van der Waals surface area contributed by atoms with Gasteiger partial charge in [0.2, 0.25) is 0 Å². The van der Waals surface area contributed by atoms with Crippen LogP contribution < -0.4 is 20.7 Å². The third kappa shape index (κ3) is 6.00. The van der Waals surface area contributed by atoms with Gasteiger partial charge in [-0.15, -0.1) is 0 Å². The van der Waals surface area contributed by atoms with Gasteiger partial charge in [-0.3, -0.25) is 0 Å². The Kier molecular flexibility index (Phi) is 9.23. The highest BCUT2D eigenvalue weighted by atomic mass is 28.3. The van der Waals surface area contributed by atoms with E-state index in [1.165, 1.54) is 103 Å². The molecule has 3 heterocycles. The molecule has 0 saturated heterocycles. The van der Waals surface area contributed by atoms with Crippen molar-refractivity contribution in [2.75, 3.05) is 0 Å². The lowest BCUT2D eigenvalue weighted by Crippen LogP contribution is -2.74. The van der Waals surface area contributed by atoms with Gasteiger partial charge in [-0.05, 0) is 98.6 Å². The lowest BCUT2D eigenvalue weighted by Gasteiger charge is -2.34. The maximum absolute atomic E-state index is 2.77. The second kappa shape index (κ2) is 16.1. The summed E-state index contributed by atoms with van der Waals surface area (Å²) in [6.07, 6.45) is 0. The van der Waals surface area contributed by atoms with Crippen LogP contribution in [0.1, 0.15) is 0 Å². The highest BCUT2D eigenvalue weighted by Crippen LogP contribution is 2.42. The minimum Gasteiger partial charge on any atom is -0.309 e. The minimum atomic E-state index is -2.77. The van der Waals surface area contributed by atoms with Crippen LogP contribution in [-0.4, -0.2) is 21.8 Å². The van der Waals surface area contributed by atoms with Crippen molar-refractivity contribution in [1.29, 1.82) is 0 Å². The summed E-state index contributed by atoms with van der Waals surface area (Å²) in [7, 11) is -2.77. The van der Waals surface area contributed by atoms with Gasteiger partial charge < -0.3 is 13.7 Å². The van der Waals surface area contributed by atoms with Crippen molar-refractivity contribution >= 4 is 94.2 Å². The molecule has 0 aliphatic carbocycles. The third-order valence-electron chi connectivity index (χ3n) is 14.8. The predicted molar refractivity (Wildman–Crippen MR) is 299 cm³/mol. The fraction of sp³-hybridized carbons (Fsp3) is 0. The van der Waals surface area contributed by atoms with E-state index in [2.05, 4.69) is 287 Å². The van der Waals surface area contributed by atoms with E-state index in [1.54, 1.807) is 0 Å². The second-order valence-electron chi connectivity index (χ2n) is 18.4. The lowest BCUT2D eigenvalue weighted by molar-refractivity contribution is 1.16. The van der Waals surface area contributed by atoms with Crippen LogP contribution in [-0.2, 0) is 0 Å². The maximum Gasteiger partial charge on any atom is 0.179 e. The van der Waals surface area contributed by atoms with Gasteiger partial charge in [0.05, 0.1) is 38.8 Å². The van der Waals surface area contributed by atoms with Crippen LogP contribution in [0, 0.1) is 0 Å². The highest BCUT2D eigenvalue weighted by Gasteiger charge is 2.41. The summed E-state index contributed by atoms with van der Waals surface area (Å²) in [5.41, 5.74) is 13.0. The summed E-state index contributed by atoms with van der Waals surface area (Å²) in [5.74, 6) is 0. The Hall–Kier alpha value is -8.96. The zero-order valence-corrected chi connectivity index (χ0v) is 39.3. The van der Waals surface area contributed by atoms with Crippen molar-refractivity contribution in [2.45, 2.75) is 0 Å². The first-order valence-corrected chi connectivity index (χ1v) is 26.2. The molecule has 0 amide bonds. The van der Waals surface area contributed by atoms with Gasteiger partial charge >= 0.3 is 0 Å². The lowest BCUT2D eigenvalue weighted by atomic mass is 10.0. The average Bonchev–Trinajstić information content (AvgIpc) is 4.08. The molecule has 3 nitrogen and oxygen atoms in total. The predicted octanol–water partition coefficient (Wildman–Crippen LogP) is 14.0. The Morgan fingerprint density at radius 2 is 0.686 bits per heavy atom. The maximum atomic E-state index is 2.49. The van der Waals surface area contributed by atoms with Crippen LogP contribution >= 0.6 is 0 Å². The second-order valence-corrected chi connectivity index (χ2v) is 22.2. The van der Waals surface area contributed by atoms with Crippen molar-refractivity contribution < 1.29 is 0 Å². The molecule has 0 aliphatic heterocycles. The number of para-hydroxylation sites is 3. The van der Waals surface area contributed by atoms with Gasteiger partial charge in [-0.2, -0.15) is 0 Å². The van der Waals surface area contributed by atoms with Crippen LogP contribution in [0.3, 0.4) is 0 Å². The number of aromatic nitrogens is 3. The molecule has 328 valence electrons. The molecule has 0 fully saturated rings. The first-order chi connectivity index (χ1) is 34.8. The van der Waals surface area contributed by atoms with E-state index >= 15 is 0 Å². The van der Waals surface area contributed by atoms with E-state index in [0.717, 1.165) is 11.4 Å². The van der Waals surface area contributed by atoms with E-state index in [4.69, 9.17) is 0 Å². The highest BCUT2D eigenvalue weighted by molar-refractivity contribution is 7.19. The molecular formula is C66H45N3Si. The van der Waals surface area contributed by atoms with E-state index in [9.17, 15) is 0 Å². The number of hydrogen-bond acceptors (Lipinski definition) is 0. The summed E-state index contributed by atoms with van der Waals surface area (Å²) in [5, 5.41) is 12.8. The molecule has 11 aromatic carbocycles. The number of fused-ring (bicyclic) bond motifs is 9. The fourth-order valence-electron chi connectivity index (χ4n) is 11.8. The van der Waals surface area contributed by atoms with Gasteiger partial charge in [-0.25, -0.2) is 0 Å². The minimum absolute atomic E-state index is 1.13. The van der Waals surface area contributed by atoms with Gasteiger partial charge in [0.15, 0.2) is 8.07 Å². The van der Waals surface area contributed by atoms with Gasteiger partial charge in [-0.1, -0.05) is 206 Å². The van der Waals surface area contributed by atoms with Gasteiger partial charge in [0.25, 0.3) is 0 Å². The summed E-state index contributed by atoms with van der Waals surface area (Å²) in [6.45, 7) is 0. The molecule has 14 rings (SSSR count). The number of benzene rings is 11. The zero-order chi connectivity index (χ0) is 46.2. The molecule has 3 aromatic heterocycles. The molecule has 0 bridgehead atoms. The van der Waals surface area contributed by atoms with Crippen LogP contribution in [0.15, 0.2) is 273 Å². The molecule has 0 saturated carbocycles. The Morgan fingerprint density at radius 1 is 0.229 bits per heavy atom. The summed E-state index contributed by atoms with van der Waals surface area (Å²) < 4.78 is 7.45. The smallest absolute Gasteiger partial charge is 0.179 e. The molecule has 70 heavy (non-hydrogen) atoms. The summed E-state index contributed by atoms with van der Waals surface area (Å²) >= 11 is 0. The van der Waals surface area contributed by atoms with E-state index < -0.39 is 8.07 Å². The molecule has 0 N–H and O–H groups in total.